The lowest BCUT2D eigenvalue weighted by Gasteiger charge is -2.50. The zero-order chi connectivity index (χ0) is 17.1. The van der Waals surface area contributed by atoms with Gasteiger partial charge in [-0.1, -0.05) is 42.8 Å². The van der Waals surface area contributed by atoms with E-state index in [9.17, 15) is 0 Å². The second kappa shape index (κ2) is 8.45. The summed E-state index contributed by atoms with van der Waals surface area (Å²) in [5, 5.41) is 0. The van der Waals surface area contributed by atoms with Crippen LogP contribution in [0.25, 0.3) is 0 Å². The SMILES string of the molecule is COc1ccc2c(c1)CCC1(CCCCN1CCc1ccccc1)C2.Cl. The summed E-state index contributed by atoms with van der Waals surface area (Å²) in [6.45, 7) is 2.45. The Hall–Kier alpha value is -1.51. The molecule has 1 saturated heterocycles. The normalized spacial score (nSPS) is 22.5. The van der Waals surface area contributed by atoms with Crippen molar-refractivity contribution in [2.45, 2.75) is 50.5 Å². The third-order valence-corrected chi connectivity index (χ3v) is 6.30. The van der Waals surface area contributed by atoms with Gasteiger partial charge in [-0.25, -0.2) is 0 Å². The second-order valence-corrected chi connectivity index (χ2v) is 7.72. The number of rotatable bonds is 4. The molecule has 1 unspecified atom stereocenters. The van der Waals surface area contributed by atoms with Crippen LogP contribution in [0.3, 0.4) is 0 Å². The minimum atomic E-state index is 0. The fraction of sp³-hybridized carbons (Fsp3) is 0.478. The number of likely N-dealkylation sites (tertiary alicyclic amines) is 1. The van der Waals surface area contributed by atoms with Gasteiger partial charge in [0.15, 0.2) is 0 Å². The average molecular weight is 372 g/mol. The maximum atomic E-state index is 5.42. The van der Waals surface area contributed by atoms with E-state index >= 15 is 0 Å². The quantitative estimate of drug-likeness (QED) is 0.743. The van der Waals surface area contributed by atoms with Crippen molar-refractivity contribution in [2.24, 2.45) is 0 Å². The number of aryl methyl sites for hydroxylation is 1. The van der Waals surface area contributed by atoms with Crippen LogP contribution in [0.2, 0.25) is 0 Å². The summed E-state index contributed by atoms with van der Waals surface area (Å²) >= 11 is 0. The Kier molecular flexibility index (Phi) is 6.26. The molecule has 2 nitrogen and oxygen atoms in total. The first-order chi connectivity index (χ1) is 12.3. The van der Waals surface area contributed by atoms with Crippen LogP contribution in [0.1, 0.15) is 42.4 Å². The van der Waals surface area contributed by atoms with Gasteiger partial charge in [-0.3, -0.25) is 4.90 Å². The number of halogens is 1. The number of nitrogens with zero attached hydrogens (tertiary/aromatic N) is 1. The van der Waals surface area contributed by atoms with Gasteiger partial charge in [-0.15, -0.1) is 12.4 Å². The molecule has 4 rings (SSSR count). The Morgan fingerprint density at radius 3 is 2.65 bits per heavy atom. The molecule has 26 heavy (non-hydrogen) atoms. The van der Waals surface area contributed by atoms with Crippen molar-refractivity contribution in [1.82, 2.24) is 4.90 Å². The Morgan fingerprint density at radius 1 is 1.00 bits per heavy atom. The average Bonchev–Trinajstić information content (AvgIpc) is 2.68. The molecule has 1 heterocycles. The molecule has 0 N–H and O–H groups in total. The summed E-state index contributed by atoms with van der Waals surface area (Å²) in [5.41, 5.74) is 4.88. The van der Waals surface area contributed by atoms with E-state index in [1.54, 1.807) is 12.7 Å². The standard InChI is InChI=1S/C23H29NO.ClH/c1-25-22-10-9-21-18-23(14-11-20(21)17-22)13-5-6-15-24(23)16-12-19-7-3-2-4-8-19;/h2-4,7-10,17H,5-6,11-16,18H2,1H3;1H. The summed E-state index contributed by atoms with van der Waals surface area (Å²) < 4.78 is 5.42. The van der Waals surface area contributed by atoms with Crippen molar-refractivity contribution in [3.8, 4) is 5.75 Å². The highest BCUT2D eigenvalue weighted by atomic mass is 35.5. The number of fused-ring (bicyclic) bond motifs is 1. The van der Waals surface area contributed by atoms with Gasteiger partial charge in [0, 0.05) is 12.1 Å². The molecule has 0 aromatic heterocycles. The summed E-state index contributed by atoms with van der Waals surface area (Å²) in [7, 11) is 1.76. The number of benzene rings is 2. The van der Waals surface area contributed by atoms with Gasteiger partial charge < -0.3 is 4.74 Å². The minimum Gasteiger partial charge on any atom is -0.497 e. The lowest BCUT2D eigenvalue weighted by Crippen LogP contribution is -2.55. The van der Waals surface area contributed by atoms with Crippen LogP contribution in [0, 0.1) is 0 Å². The molecular formula is C23H30ClNO. The highest BCUT2D eigenvalue weighted by molar-refractivity contribution is 5.85. The summed E-state index contributed by atoms with van der Waals surface area (Å²) in [5.74, 6) is 0.999. The van der Waals surface area contributed by atoms with Crippen molar-refractivity contribution in [3.63, 3.8) is 0 Å². The Morgan fingerprint density at radius 2 is 1.85 bits per heavy atom. The van der Waals surface area contributed by atoms with Gasteiger partial charge in [0.2, 0.25) is 0 Å². The van der Waals surface area contributed by atoms with E-state index in [0.29, 0.717) is 5.54 Å². The molecule has 140 valence electrons. The third kappa shape index (κ3) is 3.92. The van der Waals surface area contributed by atoms with Gasteiger partial charge in [0.1, 0.15) is 5.75 Å². The summed E-state index contributed by atoms with van der Waals surface area (Å²) in [6, 6.07) is 17.6. The zero-order valence-electron chi connectivity index (χ0n) is 15.7. The summed E-state index contributed by atoms with van der Waals surface area (Å²) in [6.07, 6.45) is 8.95. The highest BCUT2D eigenvalue weighted by Gasteiger charge is 2.40. The van der Waals surface area contributed by atoms with Crippen LogP contribution in [0.15, 0.2) is 48.5 Å². The van der Waals surface area contributed by atoms with Crippen molar-refractivity contribution in [1.29, 1.82) is 0 Å². The van der Waals surface area contributed by atoms with Crippen molar-refractivity contribution in [2.75, 3.05) is 20.2 Å². The molecule has 1 aliphatic carbocycles. The van der Waals surface area contributed by atoms with E-state index < -0.39 is 0 Å². The summed E-state index contributed by atoms with van der Waals surface area (Å²) in [4.78, 5) is 2.82. The first-order valence-corrected chi connectivity index (χ1v) is 9.74. The zero-order valence-corrected chi connectivity index (χ0v) is 16.6. The highest BCUT2D eigenvalue weighted by Crippen LogP contribution is 2.40. The molecule has 1 atom stereocenters. The van der Waals surface area contributed by atoms with Gasteiger partial charge in [-0.2, -0.15) is 0 Å². The molecular weight excluding hydrogens is 342 g/mol. The molecule has 0 amide bonds. The van der Waals surface area contributed by atoms with E-state index in [1.807, 2.05) is 0 Å². The minimum absolute atomic E-state index is 0. The number of ether oxygens (including phenoxy) is 1. The molecule has 1 spiro atoms. The van der Waals surface area contributed by atoms with Crippen molar-refractivity contribution in [3.05, 3.63) is 65.2 Å². The molecule has 3 heteroatoms. The van der Waals surface area contributed by atoms with Gasteiger partial charge in [0.25, 0.3) is 0 Å². The van der Waals surface area contributed by atoms with Gasteiger partial charge in [0.05, 0.1) is 7.11 Å². The first-order valence-electron chi connectivity index (χ1n) is 9.74. The van der Waals surface area contributed by atoms with Crippen LogP contribution < -0.4 is 4.74 Å². The Balaban J connectivity index is 0.00000196. The van der Waals surface area contributed by atoms with E-state index in [0.717, 1.165) is 12.2 Å². The van der Waals surface area contributed by atoms with Crippen LogP contribution in [-0.4, -0.2) is 30.6 Å². The molecule has 0 saturated carbocycles. The monoisotopic (exact) mass is 371 g/mol. The fourth-order valence-corrected chi connectivity index (χ4v) is 4.84. The third-order valence-electron chi connectivity index (χ3n) is 6.30. The molecule has 1 fully saturated rings. The van der Waals surface area contributed by atoms with Crippen LogP contribution >= 0.6 is 12.4 Å². The van der Waals surface area contributed by atoms with Crippen molar-refractivity contribution >= 4 is 12.4 Å². The maximum absolute atomic E-state index is 5.42. The van der Waals surface area contributed by atoms with E-state index in [1.165, 1.54) is 62.7 Å². The van der Waals surface area contributed by atoms with Gasteiger partial charge >= 0.3 is 0 Å². The molecule has 2 aliphatic rings. The largest absolute Gasteiger partial charge is 0.497 e. The number of hydrogen-bond donors (Lipinski definition) is 0. The predicted octanol–water partition coefficient (Wildman–Crippen LogP) is 5.07. The van der Waals surface area contributed by atoms with Gasteiger partial charge in [-0.05, 0) is 73.9 Å². The molecule has 2 aromatic carbocycles. The van der Waals surface area contributed by atoms with Crippen LogP contribution in [0.5, 0.6) is 5.75 Å². The van der Waals surface area contributed by atoms with E-state index in [2.05, 4.69) is 53.4 Å². The maximum Gasteiger partial charge on any atom is 0.119 e. The lowest BCUT2D eigenvalue weighted by molar-refractivity contribution is 0.0349. The fourth-order valence-electron chi connectivity index (χ4n) is 4.84. The predicted molar refractivity (Wildman–Crippen MR) is 111 cm³/mol. The molecule has 0 bridgehead atoms. The van der Waals surface area contributed by atoms with Crippen LogP contribution in [0.4, 0.5) is 0 Å². The number of piperidine rings is 1. The Labute approximate surface area is 164 Å². The van der Waals surface area contributed by atoms with E-state index in [4.69, 9.17) is 4.74 Å². The lowest BCUT2D eigenvalue weighted by atomic mass is 9.72. The second-order valence-electron chi connectivity index (χ2n) is 7.72. The number of hydrogen-bond acceptors (Lipinski definition) is 2. The first kappa shape index (κ1) is 19.3. The van der Waals surface area contributed by atoms with Crippen LogP contribution in [-0.2, 0) is 19.3 Å². The molecule has 0 radical (unpaired) electrons. The van der Waals surface area contributed by atoms with E-state index in [-0.39, 0.29) is 12.4 Å². The van der Waals surface area contributed by atoms with Crippen molar-refractivity contribution < 1.29 is 4.74 Å². The topological polar surface area (TPSA) is 12.5 Å². The molecule has 2 aromatic rings. The Bertz CT molecular complexity index is 717. The molecule has 1 aliphatic heterocycles. The smallest absolute Gasteiger partial charge is 0.119 e. The number of methoxy groups -OCH3 is 1.